The predicted octanol–water partition coefficient (Wildman–Crippen LogP) is 4.73. The van der Waals surface area contributed by atoms with Gasteiger partial charge >= 0.3 is 0 Å². The highest BCUT2D eigenvalue weighted by atomic mass is 79.9. The van der Waals surface area contributed by atoms with E-state index in [2.05, 4.69) is 26.6 Å². The number of rotatable bonds is 5. The van der Waals surface area contributed by atoms with Gasteiger partial charge in [-0.2, -0.15) is 0 Å². The molecule has 4 rings (SSSR count). The molecule has 0 bridgehead atoms. The lowest BCUT2D eigenvalue weighted by molar-refractivity contribution is 0.0345. The van der Waals surface area contributed by atoms with Crippen LogP contribution in [0.4, 0.5) is 5.69 Å². The van der Waals surface area contributed by atoms with Crippen LogP contribution >= 0.6 is 15.9 Å². The van der Waals surface area contributed by atoms with Crippen LogP contribution in [0.5, 0.6) is 0 Å². The molecular weight excluding hydrogens is 448 g/mol. The first-order chi connectivity index (χ1) is 14.6. The van der Waals surface area contributed by atoms with Crippen molar-refractivity contribution in [2.45, 2.75) is 18.4 Å². The number of ether oxygens (including phenoxy) is 1. The third-order valence-corrected chi connectivity index (χ3v) is 5.70. The van der Waals surface area contributed by atoms with Gasteiger partial charge < -0.3 is 19.8 Å². The van der Waals surface area contributed by atoms with Crippen LogP contribution in [0.1, 0.15) is 39.3 Å². The van der Waals surface area contributed by atoms with E-state index < -0.39 is 5.54 Å². The minimum absolute atomic E-state index is 0.203. The van der Waals surface area contributed by atoms with Gasteiger partial charge in [0, 0.05) is 28.9 Å². The monoisotopic (exact) mass is 468 g/mol. The molecule has 1 fully saturated rings. The molecule has 1 aliphatic rings. The van der Waals surface area contributed by atoms with Crippen molar-refractivity contribution in [3.8, 4) is 0 Å². The highest BCUT2D eigenvalue weighted by molar-refractivity contribution is 9.10. The fourth-order valence-corrected chi connectivity index (χ4v) is 4.02. The van der Waals surface area contributed by atoms with Crippen LogP contribution < -0.4 is 10.6 Å². The van der Waals surface area contributed by atoms with Crippen molar-refractivity contribution in [2.75, 3.05) is 18.5 Å². The average molecular weight is 469 g/mol. The zero-order valence-corrected chi connectivity index (χ0v) is 17.8. The Balaban J connectivity index is 1.55. The number of carbonyl (C=O) groups is 2. The van der Waals surface area contributed by atoms with Gasteiger partial charge in [0.2, 0.25) is 0 Å². The fraction of sp³-hybridized carbons (Fsp3) is 0.217. The molecule has 2 N–H and O–H groups in total. The smallest absolute Gasteiger partial charge is 0.291 e. The summed E-state index contributed by atoms with van der Waals surface area (Å²) in [4.78, 5) is 25.4. The second-order valence-corrected chi connectivity index (χ2v) is 8.09. The van der Waals surface area contributed by atoms with Crippen molar-refractivity contribution in [3.63, 3.8) is 0 Å². The highest BCUT2D eigenvalue weighted by Gasteiger charge is 2.36. The summed E-state index contributed by atoms with van der Waals surface area (Å²) >= 11 is 3.52. The molecule has 6 nitrogen and oxygen atoms in total. The summed E-state index contributed by atoms with van der Waals surface area (Å²) in [5.74, 6) is -0.362. The largest absolute Gasteiger partial charge is 0.459 e. The summed E-state index contributed by atoms with van der Waals surface area (Å²) in [7, 11) is 0. The van der Waals surface area contributed by atoms with Crippen molar-refractivity contribution in [2.24, 2.45) is 0 Å². The molecule has 3 aromatic rings. The van der Waals surface area contributed by atoms with E-state index in [0.717, 1.165) is 10.0 Å². The van der Waals surface area contributed by atoms with E-state index in [0.29, 0.717) is 37.3 Å². The molecule has 1 aromatic heterocycles. The summed E-state index contributed by atoms with van der Waals surface area (Å²) in [5, 5.41) is 5.98. The molecule has 0 atom stereocenters. The van der Waals surface area contributed by atoms with E-state index in [-0.39, 0.29) is 17.6 Å². The Morgan fingerprint density at radius 2 is 1.73 bits per heavy atom. The zero-order chi connectivity index (χ0) is 21.0. The SMILES string of the molecule is O=C(NC1(c2cccc(Br)c2)CCOCC1)c1cccc(NC(=O)c2ccco2)c1. The lowest BCUT2D eigenvalue weighted by Crippen LogP contribution is -2.49. The van der Waals surface area contributed by atoms with Crippen LogP contribution in [0, 0.1) is 0 Å². The molecule has 1 aliphatic heterocycles. The van der Waals surface area contributed by atoms with E-state index in [1.807, 2.05) is 24.3 Å². The van der Waals surface area contributed by atoms with Crippen LogP contribution in [0.2, 0.25) is 0 Å². The van der Waals surface area contributed by atoms with E-state index in [9.17, 15) is 9.59 Å². The first kappa shape index (κ1) is 20.4. The Labute approximate surface area is 182 Å². The van der Waals surface area contributed by atoms with Crippen LogP contribution in [0.25, 0.3) is 0 Å². The number of hydrogen-bond acceptors (Lipinski definition) is 4. The maximum Gasteiger partial charge on any atom is 0.291 e. The molecule has 2 aromatic carbocycles. The van der Waals surface area contributed by atoms with Crippen LogP contribution in [0.3, 0.4) is 0 Å². The Morgan fingerprint density at radius 3 is 2.47 bits per heavy atom. The molecular formula is C23H21BrN2O4. The molecule has 0 spiro atoms. The maximum atomic E-state index is 13.1. The lowest BCUT2D eigenvalue weighted by atomic mass is 9.82. The lowest BCUT2D eigenvalue weighted by Gasteiger charge is -2.38. The van der Waals surface area contributed by atoms with Crippen molar-refractivity contribution in [3.05, 3.63) is 88.3 Å². The first-order valence-corrected chi connectivity index (χ1v) is 10.5. The van der Waals surface area contributed by atoms with Gasteiger partial charge in [-0.3, -0.25) is 9.59 Å². The molecule has 0 radical (unpaired) electrons. The van der Waals surface area contributed by atoms with Gasteiger partial charge in [-0.25, -0.2) is 0 Å². The summed E-state index contributed by atoms with van der Waals surface area (Å²) < 4.78 is 11.6. The van der Waals surface area contributed by atoms with Crippen molar-refractivity contribution in [1.82, 2.24) is 5.32 Å². The number of furan rings is 1. The van der Waals surface area contributed by atoms with Crippen molar-refractivity contribution < 1.29 is 18.7 Å². The Kier molecular flexibility index (Phi) is 6.01. The van der Waals surface area contributed by atoms with E-state index >= 15 is 0 Å². The Hall–Kier alpha value is -2.90. The van der Waals surface area contributed by atoms with Gasteiger partial charge in [0.15, 0.2) is 5.76 Å². The summed E-state index contributed by atoms with van der Waals surface area (Å²) in [5.41, 5.74) is 1.52. The van der Waals surface area contributed by atoms with Gasteiger partial charge in [0.25, 0.3) is 11.8 Å². The number of hydrogen-bond donors (Lipinski definition) is 2. The second-order valence-electron chi connectivity index (χ2n) is 7.17. The third kappa shape index (κ3) is 4.47. The Bertz CT molecular complexity index is 1040. The third-order valence-electron chi connectivity index (χ3n) is 5.20. The quantitative estimate of drug-likeness (QED) is 0.566. The van der Waals surface area contributed by atoms with Crippen molar-refractivity contribution >= 4 is 33.4 Å². The minimum atomic E-state index is -0.507. The summed E-state index contributed by atoms with van der Waals surface area (Å²) in [6.07, 6.45) is 2.81. The average Bonchev–Trinajstić information content (AvgIpc) is 3.30. The summed E-state index contributed by atoms with van der Waals surface area (Å²) in [6.45, 7) is 1.15. The number of amides is 2. The molecule has 1 saturated heterocycles. The van der Waals surface area contributed by atoms with Gasteiger partial charge in [-0.15, -0.1) is 0 Å². The summed E-state index contributed by atoms with van der Waals surface area (Å²) in [6, 6.07) is 18.1. The molecule has 154 valence electrons. The number of carbonyl (C=O) groups excluding carboxylic acids is 2. The molecule has 0 saturated carbocycles. The van der Waals surface area contributed by atoms with Crippen LogP contribution in [-0.4, -0.2) is 25.0 Å². The molecule has 7 heteroatoms. The highest BCUT2D eigenvalue weighted by Crippen LogP contribution is 2.34. The standard InChI is InChI=1S/C23H21BrN2O4/c24-18-6-2-5-17(15-18)23(9-12-29-13-10-23)26-21(27)16-4-1-7-19(14-16)25-22(28)20-8-3-11-30-20/h1-8,11,14-15H,9-10,12-13H2,(H,25,28)(H,26,27). The van der Waals surface area contributed by atoms with Crippen LogP contribution in [-0.2, 0) is 10.3 Å². The molecule has 2 heterocycles. The second kappa shape index (κ2) is 8.85. The number of halogens is 1. The predicted molar refractivity (Wildman–Crippen MR) is 116 cm³/mol. The van der Waals surface area contributed by atoms with Crippen molar-refractivity contribution in [1.29, 1.82) is 0 Å². The molecule has 0 aliphatic carbocycles. The zero-order valence-electron chi connectivity index (χ0n) is 16.2. The fourth-order valence-electron chi connectivity index (χ4n) is 3.62. The van der Waals surface area contributed by atoms with Gasteiger partial charge in [-0.1, -0.05) is 34.1 Å². The van der Waals surface area contributed by atoms with Gasteiger partial charge in [-0.05, 0) is 60.9 Å². The van der Waals surface area contributed by atoms with E-state index in [4.69, 9.17) is 9.15 Å². The molecule has 30 heavy (non-hydrogen) atoms. The van der Waals surface area contributed by atoms with Gasteiger partial charge in [0.05, 0.1) is 11.8 Å². The Morgan fingerprint density at radius 1 is 0.933 bits per heavy atom. The topological polar surface area (TPSA) is 80.6 Å². The minimum Gasteiger partial charge on any atom is -0.459 e. The maximum absolute atomic E-state index is 13.1. The number of benzene rings is 2. The van der Waals surface area contributed by atoms with Gasteiger partial charge in [0.1, 0.15) is 0 Å². The first-order valence-electron chi connectivity index (χ1n) is 9.67. The van der Waals surface area contributed by atoms with E-state index in [1.54, 1.807) is 36.4 Å². The molecule has 2 amide bonds. The number of nitrogens with one attached hydrogen (secondary N) is 2. The van der Waals surface area contributed by atoms with Crippen LogP contribution in [0.15, 0.2) is 75.8 Å². The van der Waals surface area contributed by atoms with E-state index in [1.165, 1.54) is 6.26 Å². The molecule has 0 unspecified atom stereocenters. The number of anilines is 1. The normalized spacial score (nSPS) is 15.4.